The monoisotopic (exact) mass is 394 g/mol. The maximum Gasteiger partial charge on any atom is 0.240 e. The lowest BCUT2D eigenvalue weighted by Crippen LogP contribution is -2.41. The Bertz CT molecular complexity index is 895. The van der Waals surface area contributed by atoms with Crippen LogP contribution in [0.15, 0.2) is 48.5 Å². The topological polar surface area (TPSA) is 67.4 Å². The minimum Gasteiger partial charge on any atom is -0.497 e. The van der Waals surface area contributed by atoms with E-state index in [2.05, 4.69) is 31.4 Å². The first-order valence-corrected chi connectivity index (χ1v) is 10.1. The van der Waals surface area contributed by atoms with E-state index in [1.54, 1.807) is 7.11 Å². The van der Waals surface area contributed by atoms with Crippen LogP contribution >= 0.6 is 0 Å². The van der Waals surface area contributed by atoms with E-state index in [4.69, 9.17) is 4.74 Å². The maximum absolute atomic E-state index is 12.9. The lowest BCUT2D eigenvalue weighted by atomic mass is 9.85. The summed E-state index contributed by atoms with van der Waals surface area (Å²) in [7, 11) is 1.63. The molecule has 29 heavy (non-hydrogen) atoms. The van der Waals surface area contributed by atoms with Gasteiger partial charge in [-0.2, -0.15) is 0 Å². The van der Waals surface area contributed by atoms with Gasteiger partial charge in [0.25, 0.3) is 0 Å². The zero-order valence-corrected chi connectivity index (χ0v) is 17.7. The van der Waals surface area contributed by atoms with Crippen LogP contribution in [0.2, 0.25) is 0 Å². The van der Waals surface area contributed by atoms with Gasteiger partial charge in [-0.05, 0) is 54.0 Å². The third-order valence-corrected chi connectivity index (χ3v) is 5.44. The zero-order valence-electron chi connectivity index (χ0n) is 17.7. The van der Waals surface area contributed by atoms with Gasteiger partial charge in [0.2, 0.25) is 11.8 Å². The first-order chi connectivity index (χ1) is 13.8. The van der Waals surface area contributed by atoms with E-state index in [1.807, 2.05) is 48.5 Å². The van der Waals surface area contributed by atoms with Crippen LogP contribution in [-0.4, -0.2) is 25.5 Å². The summed E-state index contributed by atoms with van der Waals surface area (Å²) in [5, 5.41) is 5.95. The van der Waals surface area contributed by atoms with Crippen molar-refractivity contribution in [3.8, 4) is 5.75 Å². The van der Waals surface area contributed by atoms with Gasteiger partial charge in [-0.3, -0.25) is 9.59 Å². The molecule has 2 amide bonds. The van der Waals surface area contributed by atoms with E-state index in [9.17, 15) is 9.59 Å². The van der Waals surface area contributed by atoms with Crippen LogP contribution in [0.5, 0.6) is 5.75 Å². The summed E-state index contributed by atoms with van der Waals surface area (Å²) < 4.78 is 5.23. The van der Waals surface area contributed by atoms with Crippen molar-refractivity contribution in [1.29, 1.82) is 0 Å². The number of amides is 2. The van der Waals surface area contributed by atoms with Crippen LogP contribution in [-0.2, 0) is 21.4 Å². The van der Waals surface area contributed by atoms with Gasteiger partial charge in [0.15, 0.2) is 0 Å². The maximum atomic E-state index is 12.9. The van der Waals surface area contributed by atoms with Gasteiger partial charge in [0, 0.05) is 12.2 Å². The Hall–Kier alpha value is -2.82. The van der Waals surface area contributed by atoms with Crippen LogP contribution in [0.1, 0.15) is 44.7 Å². The number of nitrogens with one attached hydrogen (secondary N) is 2. The highest BCUT2D eigenvalue weighted by Gasteiger charge is 2.56. The molecule has 0 radical (unpaired) electrons. The Kier molecular flexibility index (Phi) is 5.96. The molecule has 0 bridgehead atoms. The van der Waals surface area contributed by atoms with Crippen molar-refractivity contribution in [3.05, 3.63) is 59.7 Å². The first-order valence-electron chi connectivity index (χ1n) is 10.1. The largest absolute Gasteiger partial charge is 0.497 e. The van der Waals surface area contributed by atoms with Crippen LogP contribution in [0, 0.1) is 5.41 Å². The van der Waals surface area contributed by atoms with Crippen molar-refractivity contribution in [2.45, 2.75) is 45.4 Å². The molecule has 0 aliphatic heterocycles. The first kappa shape index (κ1) is 20.9. The second-order valence-electron chi connectivity index (χ2n) is 8.69. The third kappa shape index (κ3) is 4.78. The molecule has 2 N–H and O–H groups in total. The van der Waals surface area contributed by atoms with Gasteiger partial charge in [-0.1, -0.05) is 51.1 Å². The highest BCUT2D eigenvalue weighted by Crippen LogP contribution is 2.47. The fraction of sp³-hybridized carbons (Fsp3) is 0.417. The van der Waals surface area contributed by atoms with E-state index >= 15 is 0 Å². The number of hydrogen-bond acceptors (Lipinski definition) is 3. The number of methoxy groups -OCH3 is 1. The predicted molar refractivity (Wildman–Crippen MR) is 115 cm³/mol. The molecule has 5 heteroatoms. The normalized spacial score (nSPS) is 14.8. The van der Waals surface area contributed by atoms with Crippen LogP contribution in [0.3, 0.4) is 0 Å². The van der Waals surface area contributed by atoms with E-state index in [0.29, 0.717) is 25.8 Å². The van der Waals surface area contributed by atoms with Crippen molar-refractivity contribution in [2.24, 2.45) is 5.41 Å². The molecule has 3 rings (SSSR count). The van der Waals surface area contributed by atoms with Crippen molar-refractivity contribution in [2.75, 3.05) is 19.0 Å². The van der Waals surface area contributed by atoms with Crippen molar-refractivity contribution < 1.29 is 14.3 Å². The number of carbonyl (C=O) groups excluding carboxylic acids is 2. The van der Waals surface area contributed by atoms with E-state index < -0.39 is 5.41 Å². The fourth-order valence-corrected chi connectivity index (χ4v) is 3.49. The minimum atomic E-state index is -0.945. The average Bonchev–Trinajstić information content (AvgIpc) is 3.50. The van der Waals surface area contributed by atoms with Gasteiger partial charge in [-0.15, -0.1) is 0 Å². The van der Waals surface area contributed by atoms with Crippen LogP contribution in [0.4, 0.5) is 5.69 Å². The summed E-state index contributed by atoms with van der Waals surface area (Å²) in [4.78, 5) is 25.7. The Morgan fingerprint density at radius 2 is 1.76 bits per heavy atom. The third-order valence-electron chi connectivity index (χ3n) is 5.44. The minimum absolute atomic E-state index is 0.0976. The molecular formula is C24H30N2O3. The molecule has 0 unspecified atom stereocenters. The Labute approximate surface area is 172 Å². The van der Waals surface area contributed by atoms with Crippen molar-refractivity contribution in [3.63, 3.8) is 0 Å². The molecule has 1 fully saturated rings. The summed E-state index contributed by atoms with van der Waals surface area (Å²) in [5.41, 5.74) is 1.87. The number of carbonyl (C=O) groups is 2. The van der Waals surface area contributed by atoms with Crippen molar-refractivity contribution in [1.82, 2.24) is 5.32 Å². The molecule has 154 valence electrons. The SMILES string of the molecule is COc1cccc(CCNC(=O)C2(C(=O)Nc3ccccc3C(C)(C)C)CC2)c1. The number of benzene rings is 2. The lowest BCUT2D eigenvalue weighted by molar-refractivity contribution is -0.134. The predicted octanol–water partition coefficient (Wildman–Crippen LogP) is 4.07. The molecule has 2 aromatic carbocycles. The second kappa shape index (κ2) is 8.27. The van der Waals surface area contributed by atoms with E-state index in [1.165, 1.54) is 0 Å². The van der Waals surface area contributed by atoms with E-state index in [0.717, 1.165) is 22.6 Å². The highest BCUT2D eigenvalue weighted by molar-refractivity contribution is 6.13. The van der Waals surface area contributed by atoms with Gasteiger partial charge in [0.05, 0.1) is 7.11 Å². The van der Waals surface area contributed by atoms with Gasteiger partial charge in [-0.25, -0.2) is 0 Å². The van der Waals surface area contributed by atoms with Crippen molar-refractivity contribution >= 4 is 17.5 Å². The summed E-state index contributed by atoms with van der Waals surface area (Å²) in [5.74, 6) is 0.392. The standard InChI is InChI=1S/C24H30N2O3/c1-23(2,3)19-10-5-6-11-20(19)26-22(28)24(13-14-24)21(27)25-15-12-17-8-7-9-18(16-17)29-4/h5-11,16H,12-15H2,1-4H3,(H,25,27)(H,26,28). The number of hydrogen-bond donors (Lipinski definition) is 2. The molecule has 0 aromatic heterocycles. The smallest absolute Gasteiger partial charge is 0.240 e. The zero-order chi connectivity index (χ0) is 21.1. The Morgan fingerprint density at radius 3 is 2.41 bits per heavy atom. The molecular weight excluding hydrogens is 364 g/mol. The highest BCUT2D eigenvalue weighted by atomic mass is 16.5. The molecule has 1 aliphatic carbocycles. The number of para-hydroxylation sites is 1. The molecule has 2 aromatic rings. The van der Waals surface area contributed by atoms with Gasteiger partial charge < -0.3 is 15.4 Å². The summed E-state index contributed by atoms with van der Waals surface area (Å²) in [6.45, 7) is 6.81. The number of ether oxygens (including phenoxy) is 1. The molecule has 1 aliphatic rings. The lowest BCUT2D eigenvalue weighted by Gasteiger charge is -2.24. The summed E-state index contributed by atoms with van der Waals surface area (Å²) >= 11 is 0. The summed E-state index contributed by atoms with van der Waals surface area (Å²) in [6.07, 6.45) is 1.86. The fourth-order valence-electron chi connectivity index (χ4n) is 3.49. The average molecular weight is 395 g/mol. The molecule has 0 heterocycles. The molecule has 1 saturated carbocycles. The quantitative estimate of drug-likeness (QED) is 0.696. The molecule has 0 atom stereocenters. The molecule has 0 spiro atoms. The van der Waals surface area contributed by atoms with Crippen LogP contribution < -0.4 is 15.4 Å². The summed E-state index contributed by atoms with van der Waals surface area (Å²) in [6, 6.07) is 15.6. The molecule has 5 nitrogen and oxygen atoms in total. The Balaban J connectivity index is 1.61. The van der Waals surface area contributed by atoms with Crippen LogP contribution in [0.25, 0.3) is 0 Å². The number of rotatable bonds is 7. The van der Waals surface area contributed by atoms with E-state index in [-0.39, 0.29) is 17.2 Å². The Morgan fingerprint density at radius 1 is 1.03 bits per heavy atom. The molecule has 0 saturated heterocycles. The van der Waals surface area contributed by atoms with Gasteiger partial charge in [0.1, 0.15) is 11.2 Å². The van der Waals surface area contributed by atoms with Gasteiger partial charge >= 0.3 is 0 Å². The number of anilines is 1. The second-order valence-corrected chi connectivity index (χ2v) is 8.69.